The topological polar surface area (TPSA) is 34.8 Å². The predicted octanol–water partition coefficient (Wildman–Crippen LogP) is 3.47. The molecule has 0 bridgehead atoms. The van der Waals surface area contributed by atoms with Crippen LogP contribution in [0.15, 0.2) is 72.3 Å². The van der Waals surface area contributed by atoms with E-state index in [1.165, 1.54) is 11.1 Å². The number of allylic oxidation sites excluding steroid dienone is 4. The highest BCUT2D eigenvalue weighted by atomic mass is 16.5. The van der Waals surface area contributed by atoms with Crippen molar-refractivity contribution in [2.75, 3.05) is 0 Å². The van der Waals surface area contributed by atoms with Crippen LogP contribution in [-0.2, 0) is 4.74 Å². The number of benzene rings is 2. The average Bonchev–Trinajstić information content (AvgIpc) is 2.56. The fraction of sp³-hybridized carbons (Fsp3) is 0.0952. The molecule has 1 heterocycles. The van der Waals surface area contributed by atoms with E-state index in [0.717, 1.165) is 28.2 Å². The second-order valence-corrected chi connectivity index (χ2v) is 5.71. The maximum atomic E-state index is 6.14. The van der Waals surface area contributed by atoms with Gasteiger partial charge in [0.15, 0.2) is 6.21 Å². The fourth-order valence-electron chi connectivity index (χ4n) is 2.45. The summed E-state index contributed by atoms with van der Waals surface area (Å²) in [6.07, 6.45) is 7.44. The Kier molecular flexibility index (Phi) is 4.24. The molecule has 0 saturated carbocycles. The van der Waals surface area contributed by atoms with Crippen molar-refractivity contribution in [3.63, 3.8) is 0 Å². The molecule has 1 aliphatic heterocycles. The normalized spacial score (nSPS) is 13.7. The zero-order chi connectivity index (χ0) is 16.2. The molecule has 0 aromatic heterocycles. The van der Waals surface area contributed by atoms with Gasteiger partial charge >= 0.3 is 0 Å². The summed E-state index contributed by atoms with van der Waals surface area (Å²) < 4.78 is 6.14. The molecular formula is C21H20NO+. The van der Waals surface area contributed by atoms with Crippen molar-refractivity contribution < 1.29 is 10.1 Å². The predicted molar refractivity (Wildman–Crippen MR) is 95.5 cm³/mol. The van der Waals surface area contributed by atoms with E-state index in [-0.39, 0.29) is 0 Å². The van der Waals surface area contributed by atoms with E-state index in [4.69, 9.17) is 10.1 Å². The fourth-order valence-corrected chi connectivity index (χ4v) is 2.45. The van der Waals surface area contributed by atoms with E-state index in [0.29, 0.717) is 0 Å². The van der Waals surface area contributed by atoms with Gasteiger partial charge in [-0.3, -0.25) is 5.41 Å². The van der Waals surface area contributed by atoms with E-state index in [1.807, 2.05) is 18.2 Å². The lowest BCUT2D eigenvalue weighted by molar-refractivity contribution is -0.104. The van der Waals surface area contributed by atoms with Crippen LogP contribution in [0.2, 0.25) is 0 Å². The summed E-state index contributed by atoms with van der Waals surface area (Å²) in [7, 11) is 0. The Bertz CT molecular complexity index is 742. The minimum absolute atomic E-state index is 0.830. The van der Waals surface area contributed by atoms with Crippen LogP contribution < -0.4 is 5.41 Å². The van der Waals surface area contributed by atoms with Crippen molar-refractivity contribution in [2.45, 2.75) is 13.8 Å². The average molecular weight is 302 g/mol. The van der Waals surface area contributed by atoms with E-state index < -0.39 is 0 Å². The Morgan fingerprint density at radius 2 is 1.17 bits per heavy atom. The largest absolute Gasteiger partial charge is 0.456 e. The van der Waals surface area contributed by atoms with Crippen LogP contribution in [-0.4, -0.2) is 6.21 Å². The highest BCUT2D eigenvalue weighted by Crippen LogP contribution is 2.32. The number of ether oxygens (including phenoxy) is 1. The Balaban J connectivity index is 1.99. The first kappa shape index (κ1) is 15.0. The van der Waals surface area contributed by atoms with Gasteiger partial charge in [0.1, 0.15) is 11.5 Å². The zero-order valence-corrected chi connectivity index (χ0v) is 13.4. The first-order valence-corrected chi connectivity index (χ1v) is 7.66. The highest BCUT2D eigenvalue weighted by molar-refractivity contribution is 5.80. The third-order valence-corrected chi connectivity index (χ3v) is 3.78. The Morgan fingerprint density at radius 1 is 0.739 bits per heavy atom. The molecule has 0 aliphatic carbocycles. The number of aryl methyl sites for hydroxylation is 2. The van der Waals surface area contributed by atoms with Crippen LogP contribution in [0.4, 0.5) is 0 Å². The van der Waals surface area contributed by atoms with Crippen molar-refractivity contribution in [3.8, 4) is 0 Å². The van der Waals surface area contributed by atoms with Gasteiger partial charge in [-0.15, -0.1) is 0 Å². The van der Waals surface area contributed by atoms with Crippen molar-refractivity contribution in [1.29, 1.82) is 0 Å². The highest BCUT2D eigenvalue weighted by Gasteiger charge is 2.15. The molecule has 2 aromatic carbocycles. The summed E-state index contributed by atoms with van der Waals surface area (Å²) in [5, 5.41) is 5.57. The number of rotatable bonds is 3. The molecule has 1 aliphatic rings. The molecule has 0 atom stereocenters. The Hall–Kier alpha value is -2.87. The number of hydrogen-bond acceptors (Lipinski definition) is 1. The van der Waals surface area contributed by atoms with Gasteiger partial charge in [-0.05, 0) is 31.6 Å². The van der Waals surface area contributed by atoms with Gasteiger partial charge in [0.25, 0.3) is 0 Å². The minimum atomic E-state index is 0.830. The molecule has 23 heavy (non-hydrogen) atoms. The molecule has 3 rings (SSSR count). The first-order chi connectivity index (χ1) is 11.2. The van der Waals surface area contributed by atoms with E-state index in [1.54, 1.807) is 6.21 Å². The van der Waals surface area contributed by atoms with Gasteiger partial charge in [-0.25, -0.2) is 0 Å². The van der Waals surface area contributed by atoms with Crippen molar-refractivity contribution >= 4 is 17.7 Å². The van der Waals surface area contributed by atoms with Crippen LogP contribution in [0, 0.1) is 13.8 Å². The third kappa shape index (κ3) is 3.49. The van der Waals surface area contributed by atoms with Crippen LogP contribution in [0.25, 0.3) is 11.5 Å². The summed E-state index contributed by atoms with van der Waals surface area (Å²) in [5.41, 5.74) is 5.58. The quantitative estimate of drug-likeness (QED) is 0.866. The van der Waals surface area contributed by atoms with Crippen molar-refractivity contribution in [2.24, 2.45) is 0 Å². The van der Waals surface area contributed by atoms with Gasteiger partial charge in [0, 0.05) is 17.2 Å². The van der Waals surface area contributed by atoms with Gasteiger partial charge in [-0.2, -0.15) is 0 Å². The molecule has 2 N–H and O–H groups in total. The maximum Gasteiger partial charge on any atom is 0.160 e. The summed E-state index contributed by atoms with van der Waals surface area (Å²) in [6, 6.07) is 16.6. The molecule has 0 unspecified atom stereocenters. The molecule has 0 fully saturated rings. The molecule has 0 amide bonds. The molecule has 2 nitrogen and oxygen atoms in total. The van der Waals surface area contributed by atoms with Crippen LogP contribution in [0.3, 0.4) is 0 Å². The van der Waals surface area contributed by atoms with Crippen LogP contribution in [0.1, 0.15) is 22.3 Å². The Labute approximate surface area is 136 Å². The van der Waals surface area contributed by atoms with Gasteiger partial charge in [-0.1, -0.05) is 59.7 Å². The van der Waals surface area contributed by atoms with E-state index >= 15 is 0 Å². The number of nitrogens with two attached hydrogens (primary N) is 1. The summed E-state index contributed by atoms with van der Waals surface area (Å²) >= 11 is 0. The first-order valence-electron chi connectivity index (χ1n) is 7.66. The molecule has 0 radical (unpaired) electrons. The second-order valence-electron chi connectivity index (χ2n) is 5.71. The zero-order valence-electron chi connectivity index (χ0n) is 13.4. The lowest BCUT2D eigenvalue weighted by Crippen LogP contribution is -2.28. The summed E-state index contributed by atoms with van der Waals surface area (Å²) in [5.74, 6) is 1.66. The van der Waals surface area contributed by atoms with E-state index in [9.17, 15) is 0 Å². The molecule has 0 saturated heterocycles. The van der Waals surface area contributed by atoms with Gasteiger partial charge in [0.05, 0.1) is 0 Å². The second kappa shape index (κ2) is 6.49. The van der Waals surface area contributed by atoms with E-state index in [2.05, 4.69) is 62.4 Å². The van der Waals surface area contributed by atoms with Gasteiger partial charge in [0.2, 0.25) is 0 Å². The van der Waals surface area contributed by atoms with Crippen LogP contribution in [0.5, 0.6) is 0 Å². The molecular weight excluding hydrogens is 282 g/mol. The molecule has 0 spiro atoms. The standard InChI is InChI=1S/C21H19NO/c1-15-3-7-18(8-4-15)20-13-17(11-12-22)14-21(23-20)19-9-5-16(2)6-10-19/h3-14,22H,1-2H3/p+1. The lowest BCUT2D eigenvalue weighted by Gasteiger charge is -2.19. The lowest BCUT2D eigenvalue weighted by atomic mass is 10.0. The monoisotopic (exact) mass is 302 g/mol. The summed E-state index contributed by atoms with van der Waals surface area (Å²) in [4.78, 5) is 0. The van der Waals surface area contributed by atoms with Crippen LogP contribution >= 0.6 is 0 Å². The molecule has 2 heteroatoms. The van der Waals surface area contributed by atoms with Crippen molar-refractivity contribution in [1.82, 2.24) is 0 Å². The summed E-state index contributed by atoms with van der Waals surface area (Å²) in [6.45, 7) is 4.15. The Morgan fingerprint density at radius 3 is 1.57 bits per heavy atom. The molecule has 114 valence electrons. The minimum Gasteiger partial charge on any atom is -0.456 e. The van der Waals surface area contributed by atoms with Crippen molar-refractivity contribution in [3.05, 3.63) is 94.6 Å². The number of hydrogen-bond donors (Lipinski definition) is 1. The smallest absolute Gasteiger partial charge is 0.160 e. The van der Waals surface area contributed by atoms with Gasteiger partial charge < -0.3 is 4.74 Å². The molecule has 2 aromatic rings. The third-order valence-electron chi connectivity index (χ3n) is 3.78. The SMILES string of the molecule is Cc1ccc(C2=CC(=CC=[NH2+])C=C(c3ccc(C)cc3)O2)cc1. The maximum absolute atomic E-state index is 6.14.